The molecule has 0 aliphatic heterocycles. The molecule has 0 heterocycles. The second-order valence-electron chi connectivity index (χ2n) is 8.38. The summed E-state index contributed by atoms with van der Waals surface area (Å²) in [6, 6.07) is 13.0. The third kappa shape index (κ3) is 4.77. The monoisotopic (exact) mass is 462 g/mol. The van der Waals surface area contributed by atoms with Crippen molar-refractivity contribution in [2.75, 3.05) is 13.2 Å². The molecule has 1 saturated carbocycles. The second kappa shape index (κ2) is 8.50. The van der Waals surface area contributed by atoms with Crippen LogP contribution < -0.4 is 0 Å². The predicted octanol–water partition coefficient (Wildman–Crippen LogP) is 3.85. The molecule has 2 aromatic carbocycles. The van der Waals surface area contributed by atoms with Crippen molar-refractivity contribution in [1.82, 2.24) is 0 Å². The maximum atomic E-state index is 12.6. The predicted molar refractivity (Wildman–Crippen MR) is 116 cm³/mol. The molecule has 4 rings (SSSR count). The number of allylic oxidation sites excluding steroid dienone is 2. The van der Waals surface area contributed by atoms with E-state index in [9.17, 15) is 16.8 Å². The van der Waals surface area contributed by atoms with Crippen LogP contribution in [0.1, 0.15) is 17.5 Å². The average molecular weight is 463 g/mol. The molecule has 2 aliphatic rings. The molecule has 0 saturated heterocycles. The molecular formula is C23H26O6S2. The van der Waals surface area contributed by atoms with Crippen LogP contribution in [0.5, 0.6) is 0 Å². The van der Waals surface area contributed by atoms with Crippen molar-refractivity contribution in [3.63, 3.8) is 0 Å². The first-order valence-corrected chi connectivity index (χ1v) is 13.1. The molecule has 1 fully saturated rings. The summed E-state index contributed by atoms with van der Waals surface area (Å²) in [5, 5.41) is 0. The van der Waals surface area contributed by atoms with E-state index in [1.165, 1.54) is 24.3 Å². The van der Waals surface area contributed by atoms with E-state index in [-0.39, 0.29) is 46.7 Å². The first kappa shape index (κ1) is 22.2. The summed E-state index contributed by atoms with van der Waals surface area (Å²) < 4.78 is 61.1. The van der Waals surface area contributed by atoms with E-state index in [1.807, 2.05) is 13.8 Å². The Morgan fingerprint density at radius 3 is 1.39 bits per heavy atom. The van der Waals surface area contributed by atoms with Gasteiger partial charge in [0.25, 0.3) is 20.2 Å². The standard InChI is InChI=1S/C23H26O6S2/c1-16-3-9-20(10-4-16)30(24,25)28-14-22-18-7-8-19(13-18)23(22)15-29-31(26,27)21-11-5-17(2)6-12-21/h3-12,18-19,22-23H,13-15H2,1-2H3. The fourth-order valence-corrected chi connectivity index (χ4v) is 6.29. The summed E-state index contributed by atoms with van der Waals surface area (Å²) >= 11 is 0. The van der Waals surface area contributed by atoms with Crippen LogP contribution in [0.4, 0.5) is 0 Å². The quantitative estimate of drug-likeness (QED) is 0.437. The SMILES string of the molecule is Cc1ccc(S(=O)(=O)OCC2C3C=CC(C3)C2COS(=O)(=O)c2ccc(C)cc2)cc1. The fourth-order valence-electron chi connectivity index (χ4n) is 4.40. The van der Waals surface area contributed by atoms with Crippen LogP contribution in [-0.4, -0.2) is 30.0 Å². The van der Waals surface area contributed by atoms with Crippen LogP contribution >= 0.6 is 0 Å². The number of fused-ring (bicyclic) bond motifs is 2. The van der Waals surface area contributed by atoms with E-state index in [0.717, 1.165) is 17.5 Å². The molecule has 166 valence electrons. The molecule has 0 aromatic heterocycles. The Balaban J connectivity index is 1.43. The molecule has 0 radical (unpaired) electrons. The van der Waals surface area contributed by atoms with Gasteiger partial charge in [-0.05, 0) is 68.2 Å². The van der Waals surface area contributed by atoms with Crippen LogP contribution in [0.2, 0.25) is 0 Å². The van der Waals surface area contributed by atoms with E-state index in [0.29, 0.717) is 0 Å². The van der Waals surface area contributed by atoms with Gasteiger partial charge in [-0.1, -0.05) is 47.5 Å². The Labute approximate surface area is 184 Å². The molecule has 4 atom stereocenters. The van der Waals surface area contributed by atoms with Gasteiger partial charge in [0.15, 0.2) is 0 Å². The Kier molecular flexibility index (Phi) is 6.09. The van der Waals surface area contributed by atoms with Gasteiger partial charge in [-0.25, -0.2) is 0 Å². The lowest BCUT2D eigenvalue weighted by Crippen LogP contribution is -2.30. The van der Waals surface area contributed by atoms with Crippen LogP contribution in [0, 0.1) is 37.5 Å². The van der Waals surface area contributed by atoms with E-state index < -0.39 is 20.2 Å². The Morgan fingerprint density at radius 1 is 0.677 bits per heavy atom. The number of aryl methyl sites for hydroxylation is 2. The number of hydrogen-bond donors (Lipinski definition) is 0. The lowest BCUT2D eigenvalue weighted by atomic mass is 9.84. The van der Waals surface area contributed by atoms with Crippen LogP contribution in [-0.2, 0) is 28.6 Å². The zero-order valence-corrected chi connectivity index (χ0v) is 19.1. The van der Waals surface area contributed by atoms with Gasteiger partial charge in [0, 0.05) is 0 Å². The molecule has 0 amide bonds. The first-order chi connectivity index (χ1) is 14.7. The van der Waals surface area contributed by atoms with Gasteiger partial charge in [-0.2, -0.15) is 16.8 Å². The molecule has 0 spiro atoms. The zero-order chi connectivity index (χ0) is 22.2. The highest BCUT2D eigenvalue weighted by molar-refractivity contribution is 7.87. The molecular weight excluding hydrogens is 436 g/mol. The first-order valence-electron chi connectivity index (χ1n) is 10.3. The minimum absolute atomic E-state index is 0.000320. The molecule has 4 unspecified atom stereocenters. The van der Waals surface area contributed by atoms with Crippen LogP contribution in [0.3, 0.4) is 0 Å². The smallest absolute Gasteiger partial charge is 0.266 e. The third-order valence-electron chi connectivity index (χ3n) is 6.25. The summed E-state index contributed by atoms with van der Waals surface area (Å²) in [5.74, 6) is 0.0784. The lowest BCUT2D eigenvalue weighted by molar-refractivity contribution is 0.138. The van der Waals surface area contributed by atoms with Crippen LogP contribution in [0.15, 0.2) is 70.5 Å². The van der Waals surface area contributed by atoms with Crippen molar-refractivity contribution in [2.45, 2.75) is 30.1 Å². The van der Waals surface area contributed by atoms with Gasteiger partial charge in [0.1, 0.15) is 0 Å². The van der Waals surface area contributed by atoms with Crippen molar-refractivity contribution in [3.8, 4) is 0 Å². The molecule has 2 aromatic rings. The maximum Gasteiger partial charge on any atom is 0.296 e. The fraction of sp³-hybridized carbons (Fsp3) is 0.391. The molecule has 31 heavy (non-hydrogen) atoms. The van der Waals surface area contributed by atoms with Gasteiger partial charge in [-0.15, -0.1) is 0 Å². The second-order valence-corrected chi connectivity index (χ2v) is 11.6. The van der Waals surface area contributed by atoms with Crippen molar-refractivity contribution in [2.24, 2.45) is 23.7 Å². The summed E-state index contributed by atoms with van der Waals surface area (Å²) in [6.07, 6.45) is 5.00. The zero-order valence-electron chi connectivity index (χ0n) is 17.5. The molecule has 6 nitrogen and oxygen atoms in total. The topological polar surface area (TPSA) is 86.7 Å². The van der Waals surface area contributed by atoms with Crippen LogP contribution in [0.25, 0.3) is 0 Å². The van der Waals surface area contributed by atoms with E-state index in [1.54, 1.807) is 24.3 Å². The van der Waals surface area contributed by atoms with Gasteiger partial charge in [-0.3, -0.25) is 8.37 Å². The molecule has 0 N–H and O–H groups in total. The Hall–Kier alpha value is -2.00. The summed E-state index contributed by atoms with van der Waals surface area (Å²) in [7, 11) is -7.76. The van der Waals surface area contributed by atoms with Gasteiger partial charge >= 0.3 is 0 Å². The van der Waals surface area contributed by atoms with Crippen molar-refractivity contribution in [1.29, 1.82) is 0 Å². The molecule has 2 bridgehead atoms. The maximum absolute atomic E-state index is 12.6. The lowest BCUT2D eigenvalue weighted by Gasteiger charge is -2.27. The number of hydrogen-bond acceptors (Lipinski definition) is 6. The highest BCUT2D eigenvalue weighted by Gasteiger charge is 2.45. The summed E-state index contributed by atoms with van der Waals surface area (Å²) in [5.41, 5.74) is 1.92. The largest absolute Gasteiger partial charge is 0.296 e. The van der Waals surface area contributed by atoms with Gasteiger partial charge < -0.3 is 0 Å². The Morgan fingerprint density at radius 2 is 1.03 bits per heavy atom. The molecule has 8 heteroatoms. The Bertz CT molecular complexity index is 1070. The highest BCUT2D eigenvalue weighted by atomic mass is 32.2. The summed E-state index contributed by atoms with van der Waals surface area (Å²) in [4.78, 5) is 0.234. The normalized spacial score (nSPS) is 25.2. The minimum Gasteiger partial charge on any atom is -0.266 e. The van der Waals surface area contributed by atoms with Crippen molar-refractivity contribution < 1.29 is 25.2 Å². The van der Waals surface area contributed by atoms with Crippen molar-refractivity contribution in [3.05, 3.63) is 71.8 Å². The minimum atomic E-state index is -3.88. The van der Waals surface area contributed by atoms with Gasteiger partial charge in [0.2, 0.25) is 0 Å². The average Bonchev–Trinajstić information content (AvgIpc) is 3.33. The van der Waals surface area contributed by atoms with E-state index >= 15 is 0 Å². The van der Waals surface area contributed by atoms with E-state index in [4.69, 9.17) is 8.37 Å². The highest BCUT2D eigenvalue weighted by Crippen LogP contribution is 2.48. The van der Waals surface area contributed by atoms with E-state index in [2.05, 4.69) is 12.2 Å². The van der Waals surface area contributed by atoms with Gasteiger partial charge in [0.05, 0.1) is 23.0 Å². The number of benzene rings is 2. The number of rotatable bonds is 8. The summed E-state index contributed by atoms with van der Waals surface area (Å²) in [6.45, 7) is 3.77. The molecule has 2 aliphatic carbocycles. The third-order valence-corrected chi connectivity index (χ3v) is 8.84. The van der Waals surface area contributed by atoms with Crippen molar-refractivity contribution >= 4 is 20.2 Å².